The summed E-state index contributed by atoms with van der Waals surface area (Å²) >= 11 is 0. The first-order valence-corrected chi connectivity index (χ1v) is 10.1. The highest BCUT2D eigenvalue weighted by Gasteiger charge is 2.52. The van der Waals surface area contributed by atoms with Crippen molar-refractivity contribution in [3.8, 4) is 5.75 Å². The fraction of sp³-hybridized carbons (Fsp3) is 0.545. The van der Waals surface area contributed by atoms with E-state index < -0.39 is 54.5 Å². The van der Waals surface area contributed by atoms with E-state index in [-0.39, 0.29) is 6.61 Å². The normalized spacial score (nSPS) is 24.8. The van der Waals surface area contributed by atoms with E-state index in [4.69, 9.17) is 23.7 Å². The average molecular weight is 451 g/mol. The second kappa shape index (κ2) is 10.9. The number of hydrogen-bond acceptors (Lipinski definition) is 9. The van der Waals surface area contributed by atoms with E-state index in [0.29, 0.717) is 5.75 Å². The van der Waals surface area contributed by atoms with Gasteiger partial charge in [-0.25, -0.2) is 0 Å². The van der Waals surface area contributed by atoms with Crippen LogP contribution in [0.25, 0.3) is 0 Å². The molecule has 1 heterocycles. The Morgan fingerprint density at radius 2 is 1.56 bits per heavy atom. The smallest absolute Gasteiger partial charge is 0.303 e. The Morgan fingerprint density at radius 3 is 2.09 bits per heavy atom. The van der Waals surface area contributed by atoms with Crippen LogP contribution in [0.5, 0.6) is 5.75 Å². The topological polar surface area (TPSA) is 126 Å². The number of nitrogens with one attached hydrogen (secondary N) is 1. The molecule has 1 aliphatic rings. The van der Waals surface area contributed by atoms with E-state index in [1.807, 2.05) is 26.0 Å². The molecule has 0 saturated carbocycles. The Hall–Kier alpha value is -3.14. The molecular formula is C22H29NO9. The predicted octanol–water partition coefficient (Wildman–Crippen LogP) is 1.34. The Bertz CT molecular complexity index is 869. The summed E-state index contributed by atoms with van der Waals surface area (Å²) in [7, 11) is 0. The van der Waals surface area contributed by atoms with Crippen molar-refractivity contribution in [1.29, 1.82) is 0 Å². The number of amides is 1. The van der Waals surface area contributed by atoms with Gasteiger partial charge >= 0.3 is 17.9 Å². The minimum atomic E-state index is -1.16. The first-order valence-electron chi connectivity index (χ1n) is 10.1. The molecule has 1 amide bonds. The molecule has 10 heteroatoms. The molecule has 0 aromatic heterocycles. The van der Waals surface area contributed by atoms with Gasteiger partial charge in [-0.05, 0) is 25.5 Å². The summed E-state index contributed by atoms with van der Waals surface area (Å²) in [6.45, 7) is 8.36. The van der Waals surface area contributed by atoms with Gasteiger partial charge in [0, 0.05) is 27.7 Å². The standard InChI is InChI=1S/C22H29NO9/c1-11-7-8-17(12(2)9-11)31-22-19(23-13(3)24)21(30-16(6)27)20(29-15(5)26)18(32-22)10-28-14(4)25/h7-9,18-22H,10H2,1-6H3,(H,23,24)/t18-,19+,20+,21-,22-/m1/s1. The lowest BCUT2D eigenvalue weighted by atomic mass is 9.96. The largest absolute Gasteiger partial charge is 0.463 e. The monoisotopic (exact) mass is 451 g/mol. The van der Waals surface area contributed by atoms with Crippen LogP contribution in [0, 0.1) is 13.8 Å². The molecule has 5 atom stereocenters. The molecule has 1 saturated heterocycles. The van der Waals surface area contributed by atoms with Crippen LogP contribution in [-0.2, 0) is 38.1 Å². The lowest BCUT2D eigenvalue weighted by Gasteiger charge is -2.44. The molecule has 0 radical (unpaired) electrons. The van der Waals surface area contributed by atoms with Gasteiger partial charge in [0.05, 0.1) is 0 Å². The van der Waals surface area contributed by atoms with E-state index in [1.165, 1.54) is 27.7 Å². The molecule has 0 unspecified atom stereocenters. The molecule has 32 heavy (non-hydrogen) atoms. The van der Waals surface area contributed by atoms with Gasteiger partial charge in [0.2, 0.25) is 12.2 Å². The molecule has 10 nitrogen and oxygen atoms in total. The quantitative estimate of drug-likeness (QED) is 0.483. The van der Waals surface area contributed by atoms with Crippen LogP contribution < -0.4 is 10.1 Å². The molecule has 2 rings (SSSR count). The summed E-state index contributed by atoms with van der Waals surface area (Å²) in [5.41, 5.74) is 1.84. The number of hydrogen-bond donors (Lipinski definition) is 1. The Labute approximate surface area is 186 Å². The van der Waals surface area contributed by atoms with E-state index in [2.05, 4.69) is 5.32 Å². The number of rotatable bonds is 7. The number of carbonyl (C=O) groups is 4. The molecule has 176 valence electrons. The maximum Gasteiger partial charge on any atom is 0.303 e. The van der Waals surface area contributed by atoms with Crippen LogP contribution in [0.15, 0.2) is 18.2 Å². The molecule has 1 aromatic rings. The first-order chi connectivity index (χ1) is 15.0. The molecule has 1 aromatic carbocycles. The van der Waals surface area contributed by atoms with Gasteiger partial charge < -0.3 is 29.0 Å². The maximum atomic E-state index is 11.9. The SMILES string of the molecule is CC(=O)N[C@@H]1[C@H](Oc2ccc(C)cc2C)O[C@H](COC(C)=O)[C@H](OC(C)=O)[C@@H]1OC(C)=O. The van der Waals surface area contributed by atoms with Crippen LogP contribution in [0.1, 0.15) is 38.8 Å². The second-order valence-corrected chi connectivity index (χ2v) is 7.61. The third kappa shape index (κ3) is 6.94. The Balaban J connectivity index is 2.47. The number of ether oxygens (including phenoxy) is 5. The van der Waals surface area contributed by atoms with E-state index in [9.17, 15) is 19.2 Å². The van der Waals surface area contributed by atoms with Crippen LogP contribution in [0.3, 0.4) is 0 Å². The molecule has 0 bridgehead atoms. The molecule has 0 aliphatic carbocycles. The summed E-state index contributed by atoms with van der Waals surface area (Å²) in [4.78, 5) is 46.9. The first kappa shape index (κ1) is 25.1. The third-order valence-corrected chi connectivity index (χ3v) is 4.64. The zero-order valence-corrected chi connectivity index (χ0v) is 19.0. The van der Waals surface area contributed by atoms with Crippen molar-refractivity contribution in [1.82, 2.24) is 5.32 Å². The third-order valence-electron chi connectivity index (χ3n) is 4.64. The minimum Gasteiger partial charge on any atom is -0.463 e. The van der Waals surface area contributed by atoms with Gasteiger partial charge in [0.15, 0.2) is 12.2 Å². The zero-order valence-electron chi connectivity index (χ0n) is 19.0. The van der Waals surface area contributed by atoms with E-state index >= 15 is 0 Å². The van der Waals surface area contributed by atoms with Crippen LogP contribution in [-0.4, -0.2) is 61.1 Å². The highest BCUT2D eigenvalue weighted by atomic mass is 16.7. The Morgan fingerprint density at radius 1 is 0.938 bits per heavy atom. The van der Waals surface area contributed by atoms with Crippen molar-refractivity contribution in [2.24, 2.45) is 0 Å². The van der Waals surface area contributed by atoms with Gasteiger partial charge in [0.1, 0.15) is 24.5 Å². The average Bonchev–Trinajstić information content (AvgIpc) is 2.65. The van der Waals surface area contributed by atoms with Gasteiger partial charge in [0.25, 0.3) is 0 Å². The van der Waals surface area contributed by atoms with Crippen molar-refractivity contribution in [3.05, 3.63) is 29.3 Å². The van der Waals surface area contributed by atoms with E-state index in [1.54, 1.807) is 6.07 Å². The summed E-state index contributed by atoms with van der Waals surface area (Å²) < 4.78 is 27.9. The molecule has 1 aliphatic heterocycles. The van der Waals surface area contributed by atoms with Crippen LogP contribution in [0.4, 0.5) is 0 Å². The van der Waals surface area contributed by atoms with Gasteiger partial charge in [-0.1, -0.05) is 17.7 Å². The van der Waals surface area contributed by atoms with E-state index in [0.717, 1.165) is 11.1 Å². The lowest BCUT2D eigenvalue weighted by molar-refractivity contribution is -0.257. The van der Waals surface area contributed by atoms with Gasteiger partial charge in [-0.2, -0.15) is 0 Å². The summed E-state index contributed by atoms with van der Waals surface area (Å²) in [5.74, 6) is -1.87. The van der Waals surface area contributed by atoms with Crippen molar-refractivity contribution in [3.63, 3.8) is 0 Å². The Kier molecular flexibility index (Phi) is 8.59. The maximum absolute atomic E-state index is 11.9. The van der Waals surface area contributed by atoms with Gasteiger partial charge in [-0.3, -0.25) is 19.2 Å². The molecule has 0 spiro atoms. The predicted molar refractivity (Wildman–Crippen MR) is 111 cm³/mol. The summed E-state index contributed by atoms with van der Waals surface area (Å²) in [6.07, 6.45) is -4.48. The summed E-state index contributed by atoms with van der Waals surface area (Å²) in [6, 6.07) is 4.49. The highest BCUT2D eigenvalue weighted by molar-refractivity contribution is 5.73. The van der Waals surface area contributed by atoms with Crippen LogP contribution >= 0.6 is 0 Å². The van der Waals surface area contributed by atoms with Crippen LogP contribution in [0.2, 0.25) is 0 Å². The molecule has 1 N–H and O–H groups in total. The van der Waals surface area contributed by atoms with Crippen molar-refractivity contribution < 1.29 is 42.9 Å². The van der Waals surface area contributed by atoms with Crippen molar-refractivity contribution in [2.75, 3.05) is 6.61 Å². The van der Waals surface area contributed by atoms with Gasteiger partial charge in [-0.15, -0.1) is 0 Å². The minimum absolute atomic E-state index is 0.287. The number of benzene rings is 1. The zero-order chi connectivity index (χ0) is 24.0. The summed E-state index contributed by atoms with van der Waals surface area (Å²) in [5, 5.41) is 2.66. The van der Waals surface area contributed by atoms with Crippen molar-refractivity contribution in [2.45, 2.75) is 72.2 Å². The van der Waals surface area contributed by atoms with Crippen molar-refractivity contribution >= 4 is 23.8 Å². The number of esters is 3. The number of aryl methyl sites for hydroxylation is 2. The number of carbonyl (C=O) groups excluding carboxylic acids is 4. The fourth-order valence-electron chi connectivity index (χ4n) is 3.45. The fourth-order valence-corrected chi connectivity index (χ4v) is 3.45. The second-order valence-electron chi connectivity index (χ2n) is 7.61. The molecular weight excluding hydrogens is 422 g/mol. The lowest BCUT2D eigenvalue weighted by Crippen LogP contribution is -2.67. The highest BCUT2D eigenvalue weighted by Crippen LogP contribution is 2.30. The molecule has 1 fully saturated rings.